The summed E-state index contributed by atoms with van der Waals surface area (Å²) in [5.74, 6) is 5.27. The van der Waals surface area contributed by atoms with Gasteiger partial charge in [-0.05, 0) is 18.4 Å². The number of nitrogens with one attached hydrogen (secondary N) is 1. The van der Waals surface area contributed by atoms with Crippen LogP contribution in [-0.2, 0) is 4.79 Å². The Balaban J connectivity index is 2.88. The summed E-state index contributed by atoms with van der Waals surface area (Å²) in [6.07, 6.45) is 0.374. The van der Waals surface area contributed by atoms with E-state index in [0.717, 1.165) is 0 Å². The fourth-order valence-corrected chi connectivity index (χ4v) is 2.33. The lowest BCUT2D eigenvalue weighted by atomic mass is 10.2. The number of nitrogens with zero attached hydrogens (tertiary/aromatic N) is 1. The summed E-state index contributed by atoms with van der Waals surface area (Å²) in [6.45, 7) is 2.31. The van der Waals surface area contributed by atoms with Crippen LogP contribution in [0.4, 0.5) is 0 Å². The van der Waals surface area contributed by atoms with Crippen LogP contribution < -0.4 is 5.32 Å². The molecule has 0 atom stereocenters. The lowest BCUT2D eigenvalue weighted by Gasteiger charge is -2.19. The van der Waals surface area contributed by atoms with E-state index in [1.807, 2.05) is 6.92 Å². The highest BCUT2D eigenvalue weighted by molar-refractivity contribution is 7.12. The lowest BCUT2D eigenvalue weighted by molar-refractivity contribution is -0.121. The van der Waals surface area contributed by atoms with Gasteiger partial charge in [-0.15, -0.1) is 11.3 Å². The van der Waals surface area contributed by atoms with Crippen molar-refractivity contribution in [2.24, 2.45) is 0 Å². The second kappa shape index (κ2) is 8.35. The molecule has 1 rings (SSSR count). The molecule has 2 N–H and O–H groups in total. The van der Waals surface area contributed by atoms with Crippen LogP contribution in [0.2, 0.25) is 0 Å². The summed E-state index contributed by atoms with van der Waals surface area (Å²) < 4.78 is 0. The molecular weight excluding hydrogens is 276 g/mol. The first kappa shape index (κ1) is 16.2. The fourth-order valence-electron chi connectivity index (χ4n) is 1.51. The lowest BCUT2D eigenvalue weighted by Crippen LogP contribution is -2.39. The van der Waals surface area contributed by atoms with Gasteiger partial charge in [-0.2, -0.15) is 0 Å². The van der Waals surface area contributed by atoms with E-state index in [2.05, 4.69) is 17.2 Å². The molecule has 0 bridgehead atoms. The number of aliphatic hydroxyl groups is 1. The molecule has 1 heterocycles. The summed E-state index contributed by atoms with van der Waals surface area (Å²) in [4.78, 5) is 25.8. The molecule has 0 radical (unpaired) electrons. The van der Waals surface area contributed by atoms with Gasteiger partial charge in [-0.1, -0.05) is 11.8 Å². The Hall–Kier alpha value is -1.84. The summed E-state index contributed by atoms with van der Waals surface area (Å²) in [6, 6.07) is 1.77. The summed E-state index contributed by atoms with van der Waals surface area (Å²) in [5.41, 5.74) is 0.642. The van der Waals surface area contributed by atoms with Gasteiger partial charge < -0.3 is 15.3 Å². The molecule has 6 heteroatoms. The van der Waals surface area contributed by atoms with Crippen molar-refractivity contribution in [2.45, 2.75) is 13.3 Å². The minimum atomic E-state index is -0.204. The number of hydrogen-bond donors (Lipinski definition) is 2. The Kier molecular flexibility index (Phi) is 6.77. The number of rotatable bonds is 5. The van der Waals surface area contributed by atoms with Crippen molar-refractivity contribution >= 4 is 23.2 Å². The molecule has 0 saturated heterocycles. The maximum Gasteiger partial charge on any atom is 0.265 e. The standard InChI is InChI=1S/C14H18N2O3S/c1-3-16(10-12(18)15-2)14(19)13-11(7-9-20-13)6-4-5-8-17/h7,9,17H,3,5,8,10H2,1-2H3,(H,15,18). The van der Waals surface area contributed by atoms with E-state index in [9.17, 15) is 9.59 Å². The van der Waals surface area contributed by atoms with E-state index in [-0.39, 0.29) is 25.0 Å². The highest BCUT2D eigenvalue weighted by atomic mass is 32.1. The molecule has 0 aliphatic carbocycles. The zero-order valence-corrected chi connectivity index (χ0v) is 12.4. The predicted molar refractivity (Wildman–Crippen MR) is 78.5 cm³/mol. The van der Waals surface area contributed by atoms with Gasteiger partial charge in [0.15, 0.2) is 0 Å². The van der Waals surface area contributed by atoms with E-state index in [1.54, 1.807) is 11.4 Å². The quantitative estimate of drug-likeness (QED) is 0.785. The SMILES string of the molecule is CCN(CC(=O)NC)C(=O)c1sccc1C#CCCO. The minimum absolute atomic E-state index is 0.00181. The maximum absolute atomic E-state index is 12.4. The van der Waals surface area contributed by atoms with Gasteiger partial charge in [0.25, 0.3) is 5.91 Å². The van der Waals surface area contributed by atoms with Crippen molar-refractivity contribution in [3.05, 3.63) is 21.9 Å². The van der Waals surface area contributed by atoms with Crippen LogP contribution in [0.3, 0.4) is 0 Å². The van der Waals surface area contributed by atoms with Crippen LogP contribution in [0.1, 0.15) is 28.6 Å². The van der Waals surface area contributed by atoms with Gasteiger partial charge in [0.1, 0.15) is 4.88 Å². The minimum Gasteiger partial charge on any atom is -0.395 e. The monoisotopic (exact) mass is 294 g/mol. The third kappa shape index (κ3) is 4.37. The molecule has 0 aliphatic heterocycles. The summed E-state index contributed by atoms with van der Waals surface area (Å²) in [5, 5.41) is 13.0. The average Bonchev–Trinajstić information content (AvgIpc) is 2.92. The molecular formula is C14H18N2O3S. The van der Waals surface area contributed by atoms with Crippen LogP contribution in [0.15, 0.2) is 11.4 Å². The van der Waals surface area contributed by atoms with E-state index < -0.39 is 0 Å². The topological polar surface area (TPSA) is 69.6 Å². The molecule has 0 fully saturated rings. The molecule has 0 saturated carbocycles. The second-order valence-corrected chi connectivity index (χ2v) is 4.85. The highest BCUT2D eigenvalue weighted by Crippen LogP contribution is 2.18. The Labute approximate surface area is 122 Å². The van der Waals surface area contributed by atoms with Gasteiger partial charge in [0.05, 0.1) is 13.2 Å². The Morgan fingerprint density at radius 3 is 2.85 bits per heavy atom. The Morgan fingerprint density at radius 2 is 2.25 bits per heavy atom. The number of amides is 2. The van der Waals surface area contributed by atoms with Gasteiger partial charge in [0.2, 0.25) is 5.91 Å². The second-order valence-electron chi connectivity index (χ2n) is 3.93. The first-order valence-corrected chi connectivity index (χ1v) is 7.19. The Bertz CT molecular complexity index is 528. The molecule has 0 unspecified atom stereocenters. The van der Waals surface area contributed by atoms with Crippen molar-refractivity contribution < 1.29 is 14.7 Å². The van der Waals surface area contributed by atoms with E-state index in [4.69, 9.17) is 5.11 Å². The number of hydrogen-bond acceptors (Lipinski definition) is 4. The molecule has 5 nitrogen and oxygen atoms in total. The normalized spacial score (nSPS) is 9.55. The van der Waals surface area contributed by atoms with E-state index in [1.165, 1.54) is 23.3 Å². The van der Waals surface area contributed by atoms with Crippen molar-refractivity contribution in [3.63, 3.8) is 0 Å². The Morgan fingerprint density at radius 1 is 1.50 bits per heavy atom. The summed E-state index contributed by atoms with van der Waals surface area (Å²) >= 11 is 1.31. The van der Waals surface area contributed by atoms with Crippen molar-refractivity contribution in [1.29, 1.82) is 0 Å². The van der Waals surface area contributed by atoms with Gasteiger partial charge >= 0.3 is 0 Å². The smallest absolute Gasteiger partial charge is 0.265 e. The van der Waals surface area contributed by atoms with Crippen LogP contribution in [0, 0.1) is 11.8 Å². The van der Waals surface area contributed by atoms with Crippen molar-refractivity contribution in [2.75, 3.05) is 26.7 Å². The van der Waals surface area contributed by atoms with Gasteiger partial charge in [-0.3, -0.25) is 9.59 Å². The molecule has 108 valence electrons. The number of likely N-dealkylation sites (N-methyl/N-ethyl adjacent to an activating group) is 2. The third-order valence-electron chi connectivity index (χ3n) is 2.60. The number of carbonyl (C=O) groups is 2. The van der Waals surface area contributed by atoms with Gasteiger partial charge in [0, 0.05) is 25.6 Å². The van der Waals surface area contributed by atoms with E-state index in [0.29, 0.717) is 23.4 Å². The van der Waals surface area contributed by atoms with Crippen LogP contribution in [0.25, 0.3) is 0 Å². The zero-order valence-electron chi connectivity index (χ0n) is 11.6. The van der Waals surface area contributed by atoms with E-state index >= 15 is 0 Å². The van der Waals surface area contributed by atoms with Crippen molar-refractivity contribution in [1.82, 2.24) is 10.2 Å². The molecule has 0 aromatic carbocycles. The molecule has 20 heavy (non-hydrogen) atoms. The van der Waals surface area contributed by atoms with Crippen LogP contribution in [-0.4, -0.2) is 48.6 Å². The van der Waals surface area contributed by atoms with Gasteiger partial charge in [-0.25, -0.2) is 0 Å². The first-order chi connectivity index (χ1) is 9.63. The average molecular weight is 294 g/mol. The zero-order chi connectivity index (χ0) is 15.0. The van der Waals surface area contributed by atoms with Crippen LogP contribution in [0.5, 0.6) is 0 Å². The summed E-state index contributed by atoms with van der Waals surface area (Å²) in [7, 11) is 1.54. The number of aliphatic hydroxyl groups excluding tert-OH is 1. The molecule has 1 aromatic rings. The van der Waals surface area contributed by atoms with Crippen LogP contribution >= 0.6 is 11.3 Å². The molecule has 0 aliphatic rings. The number of carbonyl (C=O) groups excluding carboxylic acids is 2. The van der Waals surface area contributed by atoms with Crippen molar-refractivity contribution in [3.8, 4) is 11.8 Å². The third-order valence-corrected chi connectivity index (χ3v) is 3.50. The predicted octanol–water partition coefficient (Wildman–Crippen LogP) is 0.690. The highest BCUT2D eigenvalue weighted by Gasteiger charge is 2.20. The molecule has 1 aromatic heterocycles. The first-order valence-electron chi connectivity index (χ1n) is 6.31. The number of thiophene rings is 1. The largest absolute Gasteiger partial charge is 0.395 e. The molecule has 0 spiro atoms. The molecule has 2 amide bonds. The fraction of sp³-hybridized carbons (Fsp3) is 0.429. The maximum atomic E-state index is 12.4.